The zero-order chi connectivity index (χ0) is 23.4. The first-order valence-electron chi connectivity index (χ1n) is 13.3. The number of hydrogen-bond acceptors (Lipinski definition) is 3. The van der Waals surface area contributed by atoms with E-state index in [0.29, 0.717) is 13.0 Å². The third kappa shape index (κ3) is 12.4. The van der Waals surface area contributed by atoms with Crippen LogP contribution in [-0.2, 0) is 14.3 Å². The molecule has 0 radical (unpaired) electrons. The summed E-state index contributed by atoms with van der Waals surface area (Å²) in [4.78, 5) is 24.4. The van der Waals surface area contributed by atoms with E-state index in [2.05, 4.69) is 37.9 Å². The second-order valence-electron chi connectivity index (χ2n) is 9.02. The number of carbonyl (C=O) groups excluding carboxylic acids is 2. The van der Waals surface area contributed by atoms with Gasteiger partial charge >= 0.3 is 0 Å². The van der Waals surface area contributed by atoms with Crippen molar-refractivity contribution in [3.8, 4) is 11.8 Å². The van der Waals surface area contributed by atoms with Gasteiger partial charge in [-0.25, -0.2) is 0 Å². The third-order valence-corrected chi connectivity index (χ3v) is 6.01. The van der Waals surface area contributed by atoms with Crippen LogP contribution in [0.4, 0.5) is 0 Å². The Morgan fingerprint density at radius 2 is 1.66 bits per heavy atom. The van der Waals surface area contributed by atoms with Crippen LogP contribution < -0.4 is 5.32 Å². The van der Waals surface area contributed by atoms with Crippen LogP contribution in [0, 0.1) is 17.8 Å². The molecule has 182 valence electrons. The molecule has 0 heterocycles. The lowest BCUT2D eigenvalue weighted by Crippen LogP contribution is -2.26. The molecule has 0 saturated carbocycles. The highest BCUT2D eigenvalue weighted by Crippen LogP contribution is 2.30. The Morgan fingerprint density at radius 1 is 0.938 bits per heavy atom. The summed E-state index contributed by atoms with van der Waals surface area (Å²) in [6, 6.07) is 0. The van der Waals surface area contributed by atoms with Crippen molar-refractivity contribution in [1.82, 2.24) is 5.32 Å². The minimum atomic E-state index is -0.180. The molecule has 4 heteroatoms. The third-order valence-electron chi connectivity index (χ3n) is 6.01. The fourth-order valence-corrected chi connectivity index (χ4v) is 4.04. The zero-order valence-corrected chi connectivity index (χ0v) is 21.0. The highest BCUT2D eigenvalue weighted by molar-refractivity contribution is 5.97. The van der Waals surface area contributed by atoms with Crippen molar-refractivity contribution in [2.24, 2.45) is 5.92 Å². The number of ether oxygens (including phenoxy) is 1. The molecule has 0 aromatic heterocycles. The summed E-state index contributed by atoms with van der Waals surface area (Å²) in [7, 11) is 0. The maximum atomic E-state index is 12.7. The lowest BCUT2D eigenvalue weighted by atomic mass is 9.94. The van der Waals surface area contributed by atoms with Gasteiger partial charge in [0.2, 0.25) is 5.91 Å². The van der Waals surface area contributed by atoms with Gasteiger partial charge in [-0.1, -0.05) is 84.0 Å². The second-order valence-corrected chi connectivity index (χ2v) is 9.02. The predicted molar refractivity (Wildman–Crippen MR) is 133 cm³/mol. The lowest BCUT2D eigenvalue weighted by molar-refractivity contribution is -0.122. The summed E-state index contributed by atoms with van der Waals surface area (Å²) in [5, 5.41) is 2.92. The number of allylic oxidation sites excluding steroid dienone is 1. The summed E-state index contributed by atoms with van der Waals surface area (Å²) < 4.78 is 6.23. The van der Waals surface area contributed by atoms with Crippen LogP contribution in [0.15, 0.2) is 11.6 Å². The van der Waals surface area contributed by atoms with E-state index in [-0.39, 0.29) is 23.7 Å². The molecular formula is C28H47NO3. The van der Waals surface area contributed by atoms with Crippen LogP contribution in [0.3, 0.4) is 0 Å². The average molecular weight is 446 g/mol. The van der Waals surface area contributed by atoms with Crippen LogP contribution in [-0.4, -0.2) is 30.9 Å². The standard InChI is InChI=1S/C28H47NO3/c1-4-7-9-11-12-14-18-24-23-26(30)25(19-15-10-8-5-2)28(24)32-22-17-13-16-20-27(31)29-21-6-3/h23,25,28H,4-13,15-17,19-22H2,1-3H3,(H,29,31). The van der Waals surface area contributed by atoms with E-state index in [9.17, 15) is 9.59 Å². The van der Waals surface area contributed by atoms with Gasteiger partial charge in [-0.3, -0.25) is 9.59 Å². The molecule has 0 saturated heterocycles. The van der Waals surface area contributed by atoms with Crippen LogP contribution in [0.2, 0.25) is 0 Å². The summed E-state index contributed by atoms with van der Waals surface area (Å²) in [5.41, 5.74) is 0.880. The predicted octanol–water partition coefficient (Wildman–Crippen LogP) is 6.53. The maximum absolute atomic E-state index is 12.7. The summed E-state index contributed by atoms with van der Waals surface area (Å²) in [6.45, 7) is 7.85. The summed E-state index contributed by atoms with van der Waals surface area (Å²) in [5.74, 6) is 6.80. The fourth-order valence-electron chi connectivity index (χ4n) is 4.04. The molecule has 1 aliphatic carbocycles. The van der Waals surface area contributed by atoms with E-state index in [1.807, 2.05) is 0 Å². The Bertz CT molecular complexity index is 614. The van der Waals surface area contributed by atoms with E-state index in [1.54, 1.807) is 6.08 Å². The molecule has 2 atom stereocenters. The average Bonchev–Trinajstić information content (AvgIpc) is 3.08. The molecule has 1 amide bonds. The highest BCUT2D eigenvalue weighted by atomic mass is 16.5. The van der Waals surface area contributed by atoms with Crippen molar-refractivity contribution in [2.45, 2.75) is 123 Å². The van der Waals surface area contributed by atoms with Crippen molar-refractivity contribution in [3.05, 3.63) is 11.6 Å². The molecule has 1 aliphatic rings. The van der Waals surface area contributed by atoms with E-state index in [4.69, 9.17) is 4.74 Å². The van der Waals surface area contributed by atoms with Crippen LogP contribution in [0.25, 0.3) is 0 Å². The zero-order valence-electron chi connectivity index (χ0n) is 21.0. The molecule has 0 aromatic rings. The quantitative estimate of drug-likeness (QED) is 0.193. The van der Waals surface area contributed by atoms with Gasteiger partial charge in [0, 0.05) is 31.6 Å². The van der Waals surface area contributed by atoms with Gasteiger partial charge in [0.05, 0.1) is 5.92 Å². The Kier molecular flexibility index (Phi) is 16.8. The van der Waals surface area contributed by atoms with Gasteiger partial charge in [0.25, 0.3) is 0 Å². The van der Waals surface area contributed by atoms with Gasteiger partial charge in [0.15, 0.2) is 5.78 Å². The van der Waals surface area contributed by atoms with Crippen molar-refractivity contribution < 1.29 is 14.3 Å². The second kappa shape index (κ2) is 18.9. The first kappa shape index (κ1) is 28.4. The number of amides is 1. The summed E-state index contributed by atoms with van der Waals surface area (Å²) >= 11 is 0. The van der Waals surface area contributed by atoms with Gasteiger partial charge in [0.1, 0.15) is 6.10 Å². The Balaban J connectivity index is 2.49. The molecule has 0 bridgehead atoms. The molecule has 1 N–H and O–H groups in total. The minimum Gasteiger partial charge on any atom is -0.372 e. The lowest BCUT2D eigenvalue weighted by Gasteiger charge is -2.21. The fraction of sp³-hybridized carbons (Fsp3) is 0.786. The monoisotopic (exact) mass is 445 g/mol. The van der Waals surface area contributed by atoms with Gasteiger partial charge in [-0.05, 0) is 38.2 Å². The molecule has 0 spiro atoms. The van der Waals surface area contributed by atoms with Crippen LogP contribution >= 0.6 is 0 Å². The highest BCUT2D eigenvalue weighted by Gasteiger charge is 2.35. The minimum absolute atomic E-state index is 0.0731. The van der Waals surface area contributed by atoms with E-state index in [1.165, 1.54) is 38.5 Å². The normalized spacial score (nSPS) is 17.7. The van der Waals surface area contributed by atoms with Gasteiger partial charge in [-0.15, -0.1) is 0 Å². The smallest absolute Gasteiger partial charge is 0.219 e. The van der Waals surface area contributed by atoms with Crippen molar-refractivity contribution in [2.75, 3.05) is 13.2 Å². The van der Waals surface area contributed by atoms with Crippen molar-refractivity contribution >= 4 is 11.7 Å². The number of rotatable bonds is 18. The first-order valence-corrected chi connectivity index (χ1v) is 13.3. The molecule has 4 nitrogen and oxygen atoms in total. The molecular weight excluding hydrogens is 398 g/mol. The van der Waals surface area contributed by atoms with Crippen LogP contribution in [0.1, 0.15) is 117 Å². The van der Waals surface area contributed by atoms with Crippen molar-refractivity contribution in [1.29, 1.82) is 0 Å². The molecule has 2 unspecified atom stereocenters. The van der Waals surface area contributed by atoms with E-state index >= 15 is 0 Å². The largest absolute Gasteiger partial charge is 0.372 e. The van der Waals surface area contributed by atoms with E-state index in [0.717, 1.165) is 63.5 Å². The Hall–Kier alpha value is -1.60. The SMILES string of the molecule is CCCCCCC#CC1=CC(=O)C(CCCCCC)C1OCCCCCC(=O)NCCC. The van der Waals surface area contributed by atoms with Crippen LogP contribution in [0.5, 0.6) is 0 Å². The Labute approximate surface area is 197 Å². The summed E-state index contributed by atoms with van der Waals surface area (Å²) in [6.07, 6.45) is 17.1. The Morgan fingerprint density at radius 3 is 2.38 bits per heavy atom. The number of carbonyl (C=O) groups is 2. The van der Waals surface area contributed by atoms with Gasteiger partial charge < -0.3 is 10.1 Å². The molecule has 1 rings (SSSR count). The molecule has 0 fully saturated rings. The van der Waals surface area contributed by atoms with Crippen molar-refractivity contribution in [3.63, 3.8) is 0 Å². The van der Waals surface area contributed by atoms with E-state index < -0.39 is 0 Å². The van der Waals surface area contributed by atoms with Gasteiger partial charge in [-0.2, -0.15) is 0 Å². The number of nitrogens with one attached hydrogen (secondary N) is 1. The number of unbranched alkanes of at least 4 members (excludes halogenated alkanes) is 9. The number of ketones is 1. The molecule has 32 heavy (non-hydrogen) atoms. The first-order chi connectivity index (χ1) is 15.6. The maximum Gasteiger partial charge on any atom is 0.219 e. The number of hydrogen-bond donors (Lipinski definition) is 1. The topological polar surface area (TPSA) is 55.4 Å². The molecule has 0 aliphatic heterocycles. The molecule has 0 aromatic carbocycles.